The smallest absolute Gasteiger partial charge is 0.0233 e. The Morgan fingerprint density at radius 1 is 1.20 bits per heavy atom. The number of hydrogen-bond donors (Lipinski definition) is 0. The van der Waals surface area contributed by atoms with Crippen molar-refractivity contribution < 1.29 is 0 Å². The molecule has 1 aliphatic carbocycles. The Morgan fingerprint density at radius 2 is 1.87 bits per heavy atom. The van der Waals surface area contributed by atoms with Gasteiger partial charge < -0.3 is 0 Å². The van der Waals surface area contributed by atoms with E-state index in [1.165, 1.54) is 44.9 Å². The molecule has 1 saturated carbocycles. The van der Waals surface area contributed by atoms with E-state index in [1.807, 2.05) is 0 Å². The van der Waals surface area contributed by atoms with Crippen molar-refractivity contribution in [1.82, 2.24) is 0 Å². The molecule has 1 rings (SSSR count). The first-order chi connectivity index (χ1) is 7.22. The van der Waals surface area contributed by atoms with Gasteiger partial charge in [0.2, 0.25) is 0 Å². The molecular weight excluding hydrogens is 180 g/mol. The molecule has 88 valence electrons. The van der Waals surface area contributed by atoms with Gasteiger partial charge >= 0.3 is 0 Å². The second-order valence-corrected chi connectivity index (χ2v) is 5.52. The molecule has 0 bridgehead atoms. The molecule has 0 heteroatoms. The summed E-state index contributed by atoms with van der Waals surface area (Å²) >= 11 is 0. The SMILES string of the molecule is CCCCC(C)/C=C/C1CCC(C)CC1. The Morgan fingerprint density at radius 3 is 2.47 bits per heavy atom. The van der Waals surface area contributed by atoms with Crippen LogP contribution in [-0.4, -0.2) is 0 Å². The van der Waals surface area contributed by atoms with E-state index in [1.54, 1.807) is 0 Å². The predicted octanol–water partition coefficient (Wildman–Crippen LogP) is 5.20. The molecule has 0 saturated heterocycles. The van der Waals surface area contributed by atoms with Crippen LogP contribution >= 0.6 is 0 Å². The summed E-state index contributed by atoms with van der Waals surface area (Å²) in [5, 5.41) is 0. The average Bonchev–Trinajstić information content (AvgIpc) is 2.25. The molecule has 0 N–H and O–H groups in total. The van der Waals surface area contributed by atoms with Gasteiger partial charge in [0.25, 0.3) is 0 Å². The molecule has 0 aliphatic heterocycles. The summed E-state index contributed by atoms with van der Waals surface area (Å²) < 4.78 is 0. The minimum atomic E-state index is 0.796. The zero-order chi connectivity index (χ0) is 11.1. The van der Waals surface area contributed by atoms with Crippen molar-refractivity contribution in [2.75, 3.05) is 0 Å². The first-order valence-corrected chi connectivity index (χ1v) is 6.90. The predicted molar refractivity (Wildman–Crippen MR) is 69.0 cm³/mol. The Labute approximate surface area is 96.2 Å². The number of unbranched alkanes of at least 4 members (excludes halogenated alkanes) is 1. The third-order valence-corrected chi connectivity index (χ3v) is 3.79. The van der Waals surface area contributed by atoms with Crippen LogP contribution in [0.4, 0.5) is 0 Å². The van der Waals surface area contributed by atoms with E-state index in [4.69, 9.17) is 0 Å². The van der Waals surface area contributed by atoms with Gasteiger partial charge in [0, 0.05) is 0 Å². The highest BCUT2D eigenvalue weighted by atomic mass is 14.2. The van der Waals surface area contributed by atoms with Gasteiger partial charge in [-0.25, -0.2) is 0 Å². The normalized spacial score (nSPS) is 29.5. The van der Waals surface area contributed by atoms with Crippen LogP contribution in [-0.2, 0) is 0 Å². The number of allylic oxidation sites excluding steroid dienone is 2. The Hall–Kier alpha value is -0.260. The molecule has 15 heavy (non-hydrogen) atoms. The molecule has 0 aromatic rings. The van der Waals surface area contributed by atoms with Crippen LogP contribution in [0.1, 0.15) is 65.7 Å². The summed E-state index contributed by atoms with van der Waals surface area (Å²) in [5.41, 5.74) is 0. The maximum atomic E-state index is 2.51. The topological polar surface area (TPSA) is 0 Å². The second-order valence-electron chi connectivity index (χ2n) is 5.52. The van der Waals surface area contributed by atoms with Crippen molar-refractivity contribution in [2.24, 2.45) is 17.8 Å². The van der Waals surface area contributed by atoms with Crippen molar-refractivity contribution in [2.45, 2.75) is 65.7 Å². The lowest BCUT2D eigenvalue weighted by Gasteiger charge is -2.23. The monoisotopic (exact) mass is 208 g/mol. The lowest BCUT2D eigenvalue weighted by molar-refractivity contribution is 0.329. The lowest BCUT2D eigenvalue weighted by Crippen LogP contribution is -2.10. The molecule has 0 spiro atoms. The van der Waals surface area contributed by atoms with Gasteiger partial charge in [-0.3, -0.25) is 0 Å². The molecule has 1 aliphatic rings. The van der Waals surface area contributed by atoms with Crippen LogP contribution in [0.15, 0.2) is 12.2 Å². The minimum absolute atomic E-state index is 0.796. The van der Waals surface area contributed by atoms with Crippen molar-refractivity contribution >= 4 is 0 Å². The van der Waals surface area contributed by atoms with E-state index in [9.17, 15) is 0 Å². The van der Waals surface area contributed by atoms with E-state index >= 15 is 0 Å². The van der Waals surface area contributed by atoms with E-state index < -0.39 is 0 Å². The highest BCUT2D eigenvalue weighted by Crippen LogP contribution is 2.29. The summed E-state index contributed by atoms with van der Waals surface area (Å²) in [5.74, 6) is 2.67. The van der Waals surface area contributed by atoms with Gasteiger partial charge in [0.05, 0.1) is 0 Å². The summed E-state index contributed by atoms with van der Waals surface area (Å²) in [6, 6.07) is 0. The van der Waals surface area contributed by atoms with Crippen molar-refractivity contribution in [1.29, 1.82) is 0 Å². The molecule has 1 unspecified atom stereocenters. The fraction of sp³-hybridized carbons (Fsp3) is 0.867. The quantitative estimate of drug-likeness (QED) is 0.545. The number of hydrogen-bond acceptors (Lipinski definition) is 0. The van der Waals surface area contributed by atoms with Gasteiger partial charge in [-0.2, -0.15) is 0 Å². The molecule has 0 radical (unpaired) electrons. The van der Waals surface area contributed by atoms with Crippen molar-refractivity contribution in [3.8, 4) is 0 Å². The van der Waals surface area contributed by atoms with E-state index in [-0.39, 0.29) is 0 Å². The van der Waals surface area contributed by atoms with Gasteiger partial charge in [0.15, 0.2) is 0 Å². The zero-order valence-electron chi connectivity index (χ0n) is 10.8. The fourth-order valence-corrected chi connectivity index (χ4v) is 2.45. The maximum absolute atomic E-state index is 2.51. The maximum Gasteiger partial charge on any atom is -0.0233 e. The van der Waals surface area contributed by atoms with Crippen LogP contribution in [0.5, 0.6) is 0 Å². The zero-order valence-corrected chi connectivity index (χ0v) is 10.8. The van der Waals surface area contributed by atoms with Gasteiger partial charge in [-0.05, 0) is 37.0 Å². The van der Waals surface area contributed by atoms with E-state index in [0.29, 0.717) is 0 Å². The van der Waals surface area contributed by atoms with Gasteiger partial charge in [0.1, 0.15) is 0 Å². The summed E-state index contributed by atoms with van der Waals surface area (Å²) in [4.78, 5) is 0. The second kappa shape index (κ2) is 7.09. The highest BCUT2D eigenvalue weighted by Gasteiger charge is 2.15. The van der Waals surface area contributed by atoms with Crippen molar-refractivity contribution in [3.63, 3.8) is 0 Å². The Kier molecular flexibility index (Phi) is 6.05. The van der Waals surface area contributed by atoms with E-state index in [0.717, 1.165) is 17.8 Å². The van der Waals surface area contributed by atoms with Gasteiger partial charge in [-0.1, -0.05) is 58.6 Å². The molecule has 0 aromatic heterocycles. The molecule has 0 aromatic carbocycles. The lowest BCUT2D eigenvalue weighted by atomic mass is 9.82. The van der Waals surface area contributed by atoms with Crippen LogP contribution in [0.3, 0.4) is 0 Å². The summed E-state index contributed by atoms with van der Waals surface area (Å²) in [6.45, 7) is 7.03. The third kappa shape index (κ3) is 5.39. The van der Waals surface area contributed by atoms with E-state index in [2.05, 4.69) is 32.9 Å². The van der Waals surface area contributed by atoms with Gasteiger partial charge in [-0.15, -0.1) is 0 Å². The van der Waals surface area contributed by atoms with Crippen LogP contribution in [0, 0.1) is 17.8 Å². The average molecular weight is 208 g/mol. The standard InChI is InChI=1S/C15H28/c1-4-5-6-13(2)7-10-15-11-8-14(3)9-12-15/h7,10,13-15H,4-6,8-9,11-12H2,1-3H3/b10-7+. The van der Waals surface area contributed by atoms with Crippen LogP contribution in [0.25, 0.3) is 0 Å². The molecule has 0 heterocycles. The van der Waals surface area contributed by atoms with Crippen molar-refractivity contribution in [3.05, 3.63) is 12.2 Å². The summed E-state index contributed by atoms with van der Waals surface area (Å²) in [7, 11) is 0. The largest absolute Gasteiger partial charge is 0.0854 e. The van der Waals surface area contributed by atoms with Crippen LogP contribution < -0.4 is 0 Å². The highest BCUT2D eigenvalue weighted by molar-refractivity contribution is 4.93. The Bertz CT molecular complexity index is 172. The fourth-order valence-electron chi connectivity index (χ4n) is 2.45. The summed E-state index contributed by atoms with van der Waals surface area (Å²) in [6.07, 6.45) is 14.8. The molecule has 1 atom stereocenters. The van der Waals surface area contributed by atoms with Crippen LogP contribution in [0.2, 0.25) is 0 Å². The number of rotatable bonds is 5. The molecule has 0 nitrogen and oxygen atoms in total. The molecule has 1 fully saturated rings. The first kappa shape index (κ1) is 12.8. The Balaban J connectivity index is 2.19. The molecular formula is C15H28. The first-order valence-electron chi connectivity index (χ1n) is 6.90. The molecule has 0 amide bonds. The minimum Gasteiger partial charge on any atom is -0.0854 e. The third-order valence-electron chi connectivity index (χ3n) is 3.79.